The Morgan fingerprint density at radius 1 is 0.595 bits per heavy atom. The maximum Gasteiger partial charge on any atom is 0.0387 e. The zero-order valence-electron chi connectivity index (χ0n) is 21.2. The van der Waals surface area contributed by atoms with Gasteiger partial charge in [0.25, 0.3) is 0 Å². The van der Waals surface area contributed by atoms with Crippen molar-refractivity contribution in [2.24, 2.45) is 5.73 Å². The van der Waals surface area contributed by atoms with Gasteiger partial charge in [0.15, 0.2) is 0 Å². The second-order valence-electron chi connectivity index (χ2n) is 9.55. The fraction of sp³-hybridized carbons (Fsp3) is 0.0556. The summed E-state index contributed by atoms with van der Waals surface area (Å²) in [5.41, 5.74) is 14.5. The first-order valence-corrected chi connectivity index (χ1v) is 12.8. The molecule has 0 aliphatic carbocycles. The van der Waals surface area contributed by atoms with Gasteiger partial charge in [-0.3, -0.25) is 0 Å². The van der Waals surface area contributed by atoms with E-state index in [0.717, 1.165) is 11.3 Å². The topological polar surface area (TPSA) is 26.0 Å². The highest BCUT2D eigenvalue weighted by molar-refractivity contribution is 6.23. The Kier molecular flexibility index (Phi) is 5.82. The van der Waals surface area contributed by atoms with Crippen molar-refractivity contribution in [3.05, 3.63) is 139 Å². The smallest absolute Gasteiger partial charge is 0.0387 e. The molecule has 6 aromatic rings. The number of benzene rings is 6. The summed E-state index contributed by atoms with van der Waals surface area (Å²) >= 11 is 0. The number of allylic oxidation sites excluding steroid dienone is 3. The fourth-order valence-electron chi connectivity index (χ4n) is 5.55. The minimum Gasteiger partial charge on any atom is -0.398 e. The molecule has 0 aliphatic heterocycles. The number of aryl methyl sites for hydroxylation is 1. The standard InChI is InChI=1S/C36H29N/c1-3-4-20-34(37)25-12-11-13-26(23-25)35-29-16-7-9-18-31(29)36(32-19-10-8-17-30(32)35)33-22-21-24(2)27-14-5-6-15-28(27)33/h3-23H,37H2,1-2H3/b4-3-,34-20-. The molecule has 0 saturated carbocycles. The van der Waals surface area contributed by atoms with Gasteiger partial charge in [-0.1, -0.05) is 115 Å². The van der Waals surface area contributed by atoms with Crippen LogP contribution in [0.4, 0.5) is 0 Å². The van der Waals surface area contributed by atoms with Crippen LogP contribution in [0.25, 0.3) is 60.3 Å². The number of hydrogen-bond donors (Lipinski definition) is 1. The zero-order chi connectivity index (χ0) is 25.4. The van der Waals surface area contributed by atoms with E-state index in [2.05, 4.69) is 116 Å². The maximum atomic E-state index is 6.43. The number of rotatable bonds is 4. The van der Waals surface area contributed by atoms with Crippen LogP contribution < -0.4 is 5.73 Å². The summed E-state index contributed by atoms with van der Waals surface area (Å²) in [6.45, 7) is 4.19. The van der Waals surface area contributed by atoms with E-state index in [1.165, 1.54) is 60.1 Å². The first kappa shape index (κ1) is 22.8. The van der Waals surface area contributed by atoms with Gasteiger partial charge in [-0.2, -0.15) is 0 Å². The summed E-state index contributed by atoms with van der Waals surface area (Å²) in [5, 5.41) is 7.59. The highest BCUT2D eigenvalue weighted by Gasteiger charge is 2.18. The molecular formula is C36H29N. The van der Waals surface area contributed by atoms with E-state index in [1.807, 2.05) is 25.2 Å². The summed E-state index contributed by atoms with van der Waals surface area (Å²) in [4.78, 5) is 0. The van der Waals surface area contributed by atoms with Crippen LogP contribution in [0.5, 0.6) is 0 Å². The van der Waals surface area contributed by atoms with Crippen LogP contribution in [0.2, 0.25) is 0 Å². The lowest BCUT2D eigenvalue weighted by molar-refractivity contribution is 1.51. The van der Waals surface area contributed by atoms with Crippen molar-refractivity contribution in [1.29, 1.82) is 0 Å². The third-order valence-electron chi connectivity index (χ3n) is 7.30. The van der Waals surface area contributed by atoms with Gasteiger partial charge in [-0.25, -0.2) is 0 Å². The van der Waals surface area contributed by atoms with Crippen molar-refractivity contribution < 1.29 is 0 Å². The second kappa shape index (κ2) is 9.44. The lowest BCUT2D eigenvalue weighted by atomic mass is 9.84. The van der Waals surface area contributed by atoms with E-state index in [4.69, 9.17) is 5.73 Å². The number of fused-ring (bicyclic) bond motifs is 3. The van der Waals surface area contributed by atoms with Crippen molar-refractivity contribution in [2.45, 2.75) is 13.8 Å². The van der Waals surface area contributed by atoms with Crippen LogP contribution in [-0.2, 0) is 0 Å². The van der Waals surface area contributed by atoms with Gasteiger partial charge >= 0.3 is 0 Å². The lowest BCUT2D eigenvalue weighted by Gasteiger charge is -2.19. The molecule has 0 radical (unpaired) electrons. The Labute approximate surface area is 218 Å². The Balaban J connectivity index is 1.72. The molecule has 178 valence electrons. The molecule has 1 heteroatoms. The van der Waals surface area contributed by atoms with E-state index in [-0.39, 0.29) is 0 Å². The Bertz CT molecular complexity index is 1800. The van der Waals surface area contributed by atoms with E-state index in [0.29, 0.717) is 0 Å². The second-order valence-corrected chi connectivity index (χ2v) is 9.55. The molecule has 0 fully saturated rings. The summed E-state index contributed by atoms with van der Waals surface area (Å²) in [6, 6.07) is 39.5. The largest absolute Gasteiger partial charge is 0.398 e. The molecule has 0 unspecified atom stereocenters. The maximum absolute atomic E-state index is 6.43. The van der Waals surface area contributed by atoms with Crippen molar-refractivity contribution in [3.8, 4) is 22.3 Å². The highest BCUT2D eigenvalue weighted by Crippen LogP contribution is 2.45. The van der Waals surface area contributed by atoms with Crippen LogP contribution in [-0.4, -0.2) is 0 Å². The quantitative estimate of drug-likeness (QED) is 0.199. The van der Waals surface area contributed by atoms with Crippen LogP contribution in [0.3, 0.4) is 0 Å². The zero-order valence-corrected chi connectivity index (χ0v) is 21.2. The van der Waals surface area contributed by atoms with Crippen LogP contribution >= 0.6 is 0 Å². The Hall–Kier alpha value is -4.62. The summed E-state index contributed by atoms with van der Waals surface area (Å²) in [5.74, 6) is 0. The molecule has 0 aliphatic rings. The molecule has 0 atom stereocenters. The molecule has 0 amide bonds. The van der Waals surface area contributed by atoms with Crippen LogP contribution in [0.15, 0.2) is 127 Å². The van der Waals surface area contributed by atoms with Crippen molar-refractivity contribution >= 4 is 38.0 Å². The minimum atomic E-state index is 0.760. The minimum absolute atomic E-state index is 0.760. The Morgan fingerprint density at radius 3 is 1.78 bits per heavy atom. The van der Waals surface area contributed by atoms with Crippen LogP contribution in [0, 0.1) is 6.92 Å². The molecule has 1 nitrogen and oxygen atoms in total. The molecule has 0 bridgehead atoms. The predicted molar refractivity (Wildman–Crippen MR) is 162 cm³/mol. The van der Waals surface area contributed by atoms with Crippen molar-refractivity contribution in [1.82, 2.24) is 0 Å². The molecule has 0 spiro atoms. The molecule has 0 saturated heterocycles. The molecule has 37 heavy (non-hydrogen) atoms. The monoisotopic (exact) mass is 475 g/mol. The Morgan fingerprint density at radius 2 is 1.16 bits per heavy atom. The first-order chi connectivity index (χ1) is 18.2. The van der Waals surface area contributed by atoms with E-state index < -0.39 is 0 Å². The molecule has 6 aromatic carbocycles. The van der Waals surface area contributed by atoms with E-state index >= 15 is 0 Å². The van der Waals surface area contributed by atoms with Gasteiger partial charge < -0.3 is 5.73 Å². The van der Waals surface area contributed by atoms with Gasteiger partial charge in [0, 0.05) is 5.70 Å². The predicted octanol–water partition coefficient (Wildman–Crippen LogP) is 9.66. The van der Waals surface area contributed by atoms with Crippen molar-refractivity contribution in [2.75, 3.05) is 0 Å². The number of hydrogen-bond acceptors (Lipinski definition) is 1. The van der Waals surface area contributed by atoms with Crippen LogP contribution in [0.1, 0.15) is 18.1 Å². The van der Waals surface area contributed by atoms with Crippen molar-refractivity contribution in [3.63, 3.8) is 0 Å². The average molecular weight is 476 g/mol. The van der Waals surface area contributed by atoms with E-state index in [9.17, 15) is 0 Å². The summed E-state index contributed by atoms with van der Waals surface area (Å²) in [6.07, 6.45) is 5.93. The molecular weight excluding hydrogens is 446 g/mol. The summed E-state index contributed by atoms with van der Waals surface area (Å²) < 4.78 is 0. The van der Waals surface area contributed by atoms with Gasteiger partial charge in [0.2, 0.25) is 0 Å². The van der Waals surface area contributed by atoms with Gasteiger partial charge in [-0.15, -0.1) is 0 Å². The first-order valence-electron chi connectivity index (χ1n) is 12.8. The van der Waals surface area contributed by atoms with Gasteiger partial charge in [0.1, 0.15) is 0 Å². The highest BCUT2D eigenvalue weighted by atomic mass is 14.6. The normalized spacial score (nSPS) is 12.2. The number of nitrogens with two attached hydrogens (primary N) is 1. The third kappa shape index (κ3) is 3.90. The summed E-state index contributed by atoms with van der Waals surface area (Å²) in [7, 11) is 0. The molecule has 2 N–H and O–H groups in total. The van der Waals surface area contributed by atoms with Gasteiger partial charge in [-0.05, 0) is 91.7 Å². The third-order valence-corrected chi connectivity index (χ3v) is 7.30. The fourth-order valence-corrected chi connectivity index (χ4v) is 5.55. The van der Waals surface area contributed by atoms with Gasteiger partial charge in [0.05, 0.1) is 0 Å². The van der Waals surface area contributed by atoms with E-state index in [1.54, 1.807) is 0 Å². The lowest BCUT2D eigenvalue weighted by Crippen LogP contribution is -1.96. The molecule has 0 aromatic heterocycles. The molecule has 6 rings (SSSR count). The average Bonchev–Trinajstić information content (AvgIpc) is 2.95. The SMILES string of the molecule is C/C=C\C=C(/N)c1cccc(-c2c3ccccc3c(-c3ccc(C)c4ccccc34)c3ccccc23)c1. The molecule has 0 heterocycles.